The van der Waals surface area contributed by atoms with Gasteiger partial charge in [-0.15, -0.1) is 0 Å². The summed E-state index contributed by atoms with van der Waals surface area (Å²) in [5.41, 5.74) is 0.409. The highest BCUT2D eigenvalue weighted by atomic mass is 35.5. The molecule has 6 heteroatoms. The lowest BCUT2D eigenvalue weighted by Crippen LogP contribution is -2.04. The molecule has 1 aromatic rings. The van der Waals surface area contributed by atoms with Gasteiger partial charge < -0.3 is 0 Å². The van der Waals surface area contributed by atoms with Crippen LogP contribution in [-0.2, 0) is 9.84 Å². The van der Waals surface area contributed by atoms with Gasteiger partial charge in [-0.1, -0.05) is 11.6 Å². The number of aromatic nitrogens is 2. The van der Waals surface area contributed by atoms with Gasteiger partial charge in [0.25, 0.3) is 0 Å². The van der Waals surface area contributed by atoms with Gasteiger partial charge in [-0.05, 0) is 6.92 Å². The van der Waals surface area contributed by atoms with E-state index >= 15 is 0 Å². The molecule has 12 heavy (non-hydrogen) atoms. The van der Waals surface area contributed by atoms with Gasteiger partial charge in [0.15, 0.2) is 0 Å². The lowest BCUT2D eigenvalue weighted by atomic mass is 10.5. The van der Waals surface area contributed by atoms with Gasteiger partial charge in [-0.2, -0.15) is 0 Å². The second-order valence-electron chi connectivity index (χ2n) is 2.29. The van der Waals surface area contributed by atoms with Crippen LogP contribution in [0.4, 0.5) is 0 Å². The molecule has 0 saturated heterocycles. The Balaban J connectivity index is 3.33. The molecule has 65 valence electrons. The van der Waals surface area contributed by atoms with E-state index in [1.165, 1.54) is 0 Å². The minimum absolute atomic E-state index is 0.238. The van der Waals surface area contributed by atoms with Gasteiger partial charge in [0.2, 0.25) is 15.0 Å². The van der Waals surface area contributed by atoms with E-state index in [4.69, 9.17) is 11.6 Å². The first-order valence-corrected chi connectivity index (χ1v) is 5.30. The zero-order chi connectivity index (χ0) is 9.35. The van der Waals surface area contributed by atoms with Crippen molar-refractivity contribution in [2.24, 2.45) is 0 Å². The highest BCUT2D eigenvalue weighted by Gasteiger charge is 2.11. The van der Waals surface area contributed by atoms with Crippen molar-refractivity contribution in [1.82, 2.24) is 9.97 Å². The molecule has 1 heterocycles. The third-order valence-corrected chi connectivity index (χ3v) is 2.37. The first-order valence-electron chi connectivity index (χ1n) is 3.03. The van der Waals surface area contributed by atoms with Crippen LogP contribution in [0.1, 0.15) is 5.69 Å². The van der Waals surface area contributed by atoms with Crippen LogP contribution >= 0.6 is 11.6 Å². The Morgan fingerprint density at radius 2 is 2.08 bits per heavy atom. The maximum atomic E-state index is 10.9. The molecule has 0 atom stereocenters. The monoisotopic (exact) mass is 205 g/mol. The van der Waals surface area contributed by atoms with E-state index in [1.807, 2.05) is 0 Å². The number of hydrogen-bond donors (Lipinski definition) is 0. The molecule has 4 nitrogen and oxygen atoms in total. The summed E-state index contributed by atoms with van der Waals surface area (Å²) in [5, 5.41) is -0.00759. The molecule has 0 spiro atoms. The van der Waals surface area contributed by atoms with Crippen LogP contribution in [0.25, 0.3) is 0 Å². The molecule has 0 aliphatic heterocycles. The van der Waals surface area contributed by atoms with Crippen LogP contribution < -0.4 is 0 Å². The number of halogens is 1. The highest BCUT2D eigenvalue weighted by Crippen LogP contribution is 2.11. The van der Waals surface area contributed by atoms with E-state index in [2.05, 4.69) is 16.2 Å². The molecule has 1 rings (SSSR count). The van der Waals surface area contributed by atoms with Gasteiger partial charge in [-0.25, -0.2) is 18.4 Å². The van der Waals surface area contributed by atoms with Crippen LogP contribution in [0.5, 0.6) is 0 Å². The Morgan fingerprint density at radius 3 is 2.50 bits per heavy atom. The average molecular weight is 206 g/mol. The summed E-state index contributed by atoms with van der Waals surface area (Å²) >= 11 is 5.56. The van der Waals surface area contributed by atoms with Crippen molar-refractivity contribution >= 4 is 21.4 Å². The molecular formula is C6H6ClN2O2S. The summed E-state index contributed by atoms with van der Waals surface area (Å²) in [5.74, 6) is 0. The van der Waals surface area contributed by atoms with E-state index in [-0.39, 0.29) is 10.2 Å². The van der Waals surface area contributed by atoms with Crippen molar-refractivity contribution < 1.29 is 8.42 Å². The first kappa shape index (κ1) is 9.41. The van der Waals surface area contributed by atoms with Crippen LogP contribution in [-0.4, -0.2) is 24.6 Å². The van der Waals surface area contributed by atoms with Crippen molar-refractivity contribution in [3.63, 3.8) is 0 Å². The lowest BCUT2D eigenvalue weighted by Gasteiger charge is -1.97. The zero-order valence-electron chi connectivity index (χ0n) is 6.50. The summed E-state index contributed by atoms with van der Waals surface area (Å²) < 4.78 is 21.8. The smallest absolute Gasteiger partial charge is 0.222 e. The Labute approximate surface area is 75.5 Å². The normalized spacial score (nSPS) is 11.6. The molecule has 0 amide bonds. The maximum absolute atomic E-state index is 10.9. The quantitative estimate of drug-likeness (QED) is 0.632. The predicted octanol–water partition coefficient (Wildman–Crippen LogP) is 0.642. The maximum Gasteiger partial charge on any atom is 0.247 e. The fourth-order valence-electron chi connectivity index (χ4n) is 0.561. The van der Waals surface area contributed by atoms with Crippen LogP contribution in [0.15, 0.2) is 5.16 Å². The van der Waals surface area contributed by atoms with Crippen molar-refractivity contribution in [2.75, 3.05) is 6.26 Å². The predicted molar refractivity (Wildman–Crippen MR) is 43.7 cm³/mol. The fourth-order valence-corrected chi connectivity index (χ4v) is 1.16. The number of rotatable bonds is 1. The average Bonchev–Trinajstić information content (AvgIpc) is 1.92. The Bertz CT molecular complexity index is 402. The minimum Gasteiger partial charge on any atom is -0.222 e. The number of nitrogens with zero attached hydrogens (tertiary/aromatic N) is 2. The molecule has 0 unspecified atom stereocenters. The molecule has 0 aliphatic rings. The first-order chi connectivity index (χ1) is 5.41. The Kier molecular flexibility index (Phi) is 2.34. The van der Waals surface area contributed by atoms with E-state index in [1.54, 1.807) is 6.92 Å². The van der Waals surface area contributed by atoms with Gasteiger partial charge in [0.1, 0.15) is 6.20 Å². The van der Waals surface area contributed by atoms with Crippen LogP contribution in [0, 0.1) is 13.1 Å². The second-order valence-corrected chi connectivity index (χ2v) is 4.58. The molecule has 0 saturated carbocycles. The van der Waals surface area contributed by atoms with Gasteiger partial charge in [-0.3, -0.25) is 0 Å². The van der Waals surface area contributed by atoms with E-state index in [0.29, 0.717) is 5.69 Å². The SMILES string of the molecule is Cc1nc(S(C)(=O)=O)n[c]c1Cl. The van der Waals surface area contributed by atoms with Gasteiger partial charge >= 0.3 is 0 Å². The van der Waals surface area contributed by atoms with E-state index < -0.39 is 9.84 Å². The summed E-state index contributed by atoms with van der Waals surface area (Å²) in [4.78, 5) is 7.14. The largest absolute Gasteiger partial charge is 0.247 e. The fraction of sp³-hybridized carbons (Fsp3) is 0.333. The molecule has 0 aromatic carbocycles. The number of sulfone groups is 1. The summed E-state index contributed by atoms with van der Waals surface area (Å²) in [6.45, 7) is 1.59. The number of hydrogen-bond acceptors (Lipinski definition) is 4. The molecule has 0 aliphatic carbocycles. The summed E-state index contributed by atoms with van der Waals surface area (Å²) in [6, 6.07) is 0. The van der Waals surface area contributed by atoms with Gasteiger partial charge in [0, 0.05) is 6.26 Å². The third kappa shape index (κ3) is 1.92. The van der Waals surface area contributed by atoms with Crippen molar-refractivity contribution in [1.29, 1.82) is 0 Å². The standard InChI is InChI=1S/C6H6ClN2O2S/c1-4-5(7)3-8-6(9-4)12(2,10)11/h1-2H3. The van der Waals surface area contributed by atoms with E-state index in [0.717, 1.165) is 6.26 Å². The third-order valence-electron chi connectivity index (χ3n) is 1.16. The van der Waals surface area contributed by atoms with Crippen molar-refractivity contribution in [3.05, 3.63) is 16.9 Å². The zero-order valence-corrected chi connectivity index (χ0v) is 8.07. The topological polar surface area (TPSA) is 59.9 Å². The van der Waals surface area contributed by atoms with E-state index in [9.17, 15) is 8.42 Å². The summed E-state index contributed by atoms with van der Waals surface area (Å²) in [6.07, 6.45) is 3.38. The van der Waals surface area contributed by atoms with Crippen LogP contribution in [0.3, 0.4) is 0 Å². The lowest BCUT2D eigenvalue weighted by molar-refractivity contribution is 0.592. The molecular weight excluding hydrogens is 200 g/mol. The Morgan fingerprint density at radius 1 is 1.50 bits per heavy atom. The molecule has 1 aromatic heterocycles. The van der Waals surface area contributed by atoms with Gasteiger partial charge in [0.05, 0.1) is 10.7 Å². The Hall–Kier alpha value is -0.680. The van der Waals surface area contributed by atoms with Crippen LogP contribution in [0.2, 0.25) is 5.02 Å². The highest BCUT2D eigenvalue weighted by molar-refractivity contribution is 7.90. The molecule has 0 bridgehead atoms. The minimum atomic E-state index is -3.35. The second kappa shape index (κ2) is 2.99. The molecule has 0 fully saturated rings. The van der Waals surface area contributed by atoms with Crippen molar-refractivity contribution in [3.8, 4) is 0 Å². The molecule has 1 radical (unpaired) electrons. The molecule has 0 N–H and O–H groups in total. The van der Waals surface area contributed by atoms with Crippen molar-refractivity contribution in [2.45, 2.75) is 12.1 Å². The summed E-state index contributed by atoms with van der Waals surface area (Å²) in [7, 11) is -3.35. The number of aryl methyl sites for hydroxylation is 1.